The maximum Gasteiger partial charge on any atom is 0.307 e. The Balaban J connectivity index is 1.98. The number of halogens is 2. The highest BCUT2D eigenvalue weighted by atomic mass is 19.1. The van der Waals surface area contributed by atoms with Crippen molar-refractivity contribution in [3.05, 3.63) is 65.2 Å². The largest absolute Gasteiger partial charge is 0.481 e. The Kier molecular flexibility index (Phi) is 4.30. The van der Waals surface area contributed by atoms with E-state index in [0.29, 0.717) is 12.1 Å². The third kappa shape index (κ3) is 3.78. The molecule has 0 amide bonds. The van der Waals surface area contributed by atoms with Crippen LogP contribution >= 0.6 is 0 Å². The average molecular weight is 277 g/mol. The summed E-state index contributed by atoms with van der Waals surface area (Å²) in [4.78, 5) is 10.5. The number of carboxylic acids is 1. The summed E-state index contributed by atoms with van der Waals surface area (Å²) in [7, 11) is 0. The van der Waals surface area contributed by atoms with Crippen molar-refractivity contribution < 1.29 is 18.7 Å². The quantitative estimate of drug-likeness (QED) is 0.882. The van der Waals surface area contributed by atoms with Crippen molar-refractivity contribution in [3.8, 4) is 0 Å². The predicted molar refractivity (Wildman–Crippen MR) is 71.5 cm³/mol. The van der Waals surface area contributed by atoms with E-state index in [9.17, 15) is 13.6 Å². The van der Waals surface area contributed by atoms with Gasteiger partial charge in [-0.15, -0.1) is 0 Å². The van der Waals surface area contributed by atoms with Gasteiger partial charge in [-0.25, -0.2) is 8.78 Å². The summed E-state index contributed by atoms with van der Waals surface area (Å²) < 4.78 is 26.1. The van der Waals surface area contributed by atoms with Crippen molar-refractivity contribution in [2.24, 2.45) is 0 Å². The SMILES string of the molecule is O=C(O)Cc1ccc(CNc2ccc(F)cc2F)cc1. The van der Waals surface area contributed by atoms with E-state index in [1.54, 1.807) is 24.3 Å². The molecule has 0 saturated carbocycles. The van der Waals surface area contributed by atoms with E-state index in [-0.39, 0.29) is 12.1 Å². The second kappa shape index (κ2) is 6.14. The van der Waals surface area contributed by atoms with Crippen molar-refractivity contribution in [3.63, 3.8) is 0 Å². The van der Waals surface area contributed by atoms with E-state index in [1.807, 2.05) is 0 Å². The molecule has 2 aromatic carbocycles. The first kappa shape index (κ1) is 14.0. The number of benzene rings is 2. The van der Waals surface area contributed by atoms with E-state index >= 15 is 0 Å². The van der Waals surface area contributed by atoms with Gasteiger partial charge in [-0.3, -0.25) is 4.79 Å². The summed E-state index contributed by atoms with van der Waals surface area (Å²) in [5.74, 6) is -2.15. The number of hydrogen-bond donors (Lipinski definition) is 2. The highest BCUT2D eigenvalue weighted by molar-refractivity contribution is 5.70. The molecule has 0 aromatic heterocycles. The van der Waals surface area contributed by atoms with Gasteiger partial charge in [0.1, 0.15) is 11.6 Å². The van der Waals surface area contributed by atoms with Crippen LogP contribution in [0.5, 0.6) is 0 Å². The fraction of sp³-hybridized carbons (Fsp3) is 0.133. The number of anilines is 1. The highest BCUT2D eigenvalue weighted by Gasteiger charge is 2.04. The van der Waals surface area contributed by atoms with Crippen LogP contribution < -0.4 is 5.32 Å². The molecular weight excluding hydrogens is 264 g/mol. The molecule has 2 aromatic rings. The van der Waals surface area contributed by atoms with Gasteiger partial charge in [0, 0.05) is 12.6 Å². The number of carboxylic acid groups (broad SMARTS) is 1. The molecule has 0 aliphatic heterocycles. The van der Waals surface area contributed by atoms with Crippen LogP contribution in [0, 0.1) is 11.6 Å². The molecule has 104 valence electrons. The van der Waals surface area contributed by atoms with Crippen LogP contribution in [0.15, 0.2) is 42.5 Å². The maximum atomic E-state index is 13.4. The van der Waals surface area contributed by atoms with Crippen LogP contribution in [-0.2, 0) is 17.8 Å². The average Bonchev–Trinajstić information content (AvgIpc) is 2.39. The van der Waals surface area contributed by atoms with Crippen LogP contribution in [-0.4, -0.2) is 11.1 Å². The van der Waals surface area contributed by atoms with Gasteiger partial charge < -0.3 is 10.4 Å². The first-order valence-electron chi connectivity index (χ1n) is 6.03. The van der Waals surface area contributed by atoms with Crippen LogP contribution in [0.4, 0.5) is 14.5 Å². The number of aliphatic carboxylic acids is 1. The summed E-state index contributed by atoms with van der Waals surface area (Å²) in [6.07, 6.45) is -0.0275. The minimum Gasteiger partial charge on any atom is -0.481 e. The minimum absolute atomic E-state index is 0.0275. The van der Waals surface area contributed by atoms with E-state index in [1.165, 1.54) is 12.1 Å². The van der Waals surface area contributed by atoms with Gasteiger partial charge in [0.05, 0.1) is 12.1 Å². The Labute approximate surface area is 114 Å². The van der Waals surface area contributed by atoms with Gasteiger partial charge in [0.25, 0.3) is 0 Å². The van der Waals surface area contributed by atoms with Gasteiger partial charge in [-0.1, -0.05) is 24.3 Å². The van der Waals surface area contributed by atoms with Gasteiger partial charge in [0.15, 0.2) is 0 Å². The van der Waals surface area contributed by atoms with Crippen molar-refractivity contribution >= 4 is 11.7 Å². The Morgan fingerprint density at radius 1 is 1.05 bits per heavy atom. The van der Waals surface area contributed by atoms with E-state index in [2.05, 4.69) is 5.32 Å². The Morgan fingerprint density at radius 3 is 2.30 bits per heavy atom. The number of rotatable bonds is 5. The van der Waals surface area contributed by atoms with Crippen LogP contribution in [0.3, 0.4) is 0 Å². The Morgan fingerprint density at radius 2 is 1.70 bits per heavy atom. The molecule has 0 bridgehead atoms. The molecule has 0 fully saturated rings. The molecule has 0 unspecified atom stereocenters. The molecule has 20 heavy (non-hydrogen) atoms. The summed E-state index contributed by atoms with van der Waals surface area (Å²) in [6, 6.07) is 10.3. The summed E-state index contributed by atoms with van der Waals surface area (Å²) in [5.41, 5.74) is 1.80. The second-order valence-electron chi connectivity index (χ2n) is 4.36. The zero-order valence-electron chi connectivity index (χ0n) is 10.6. The van der Waals surface area contributed by atoms with E-state index in [0.717, 1.165) is 11.6 Å². The first-order chi connectivity index (χ1) is 9.54. The Hall–Kier alpha value is -2.43. The van der Waals surface area contributed by atoms with Crippen LogP contribution in [0.1, 0.15) is 11.1 Å². The zero-order valence-corrected chi connectivity index (χ0v) is 10.6. The normalized spacial score (nSPS) is 10.3. The third-order valence-electron chi connectivity index (χ3n) is 2.79. The minimum atomic E-state index is -0.885. The second-order valence-corrected chi connectivity index (χ2v) is 4.36. The van der Waals surface area contributed by atoms with Gasteiger partial charge >= 0.3 is 5.97 Å². The first-order valence-corrected chi connectivity index (χ1v) is 6.03. The topological polar surface area (TPSA) is 49.3 Å². The van der Waals surface area contributed by atoms with Crippen LogP contribution in [0.2, 0.25) is 0 Å². The standard InChI is InChI=1S/C15H13F2NO2/c16-12-5-6-14(13(17)8-12)18-9-11-3-1-10(2-4-11)7-15(19)20/h1-6,8,18H,7,9H2,(H,19,20). The number of hydrogen-bond acceptors (Lipinski definition) is 2. The van der Waals surface area contributed by atoms with Crippen molar-refractivity contribution in [1.82, 2.24) is 0 Å². The van der Waals surface area contributed by atoms with Gasteiger partial charge in [0.2, 0.25) is 0 Å². The van der Waals surface area contributed by atoms with Crippen molar-refractivity contribution in [1.29, 1.82) is 0 Å². The summed E-state index contributed by atoms with van der Waals surface area (Å²) in [6.45, 7) is 0.371. The van der Waals surface area contributed by atoms with Crippen molar-refractivity contribution in [2.45, 2.75) is 13.0 Å². The molecule has 0 saturated heterocycles. The molecule has 0 aliphatic rings. The summed E-state index contributed by atoms with van der Waals surface area (Å²) in [5, 5.41) is 11.5. The molecule has 2 N–H and O–H groups in total. The lowest BCUT2D eigenvalue weighted by Gasteiger charge is -2.08. The lowest BCUT2D eigenvalue weighted by molar-refractivity contribution is -0.136. The highest BCUT2D eigenvalue weighted by Crippen LogP contribution is 2.16. The smallest absolute Gasteiger partial charge is 0.307 e. The van der Waals surface area contributed by atoms with Gasteiger partial charge in [-0.05, 0) is 23.3 Å². The van der Waals surface area contributed by atoms with E-state index < -0.39 is 17.6 Å². The molecule has 0 heterocycles. The predicted octanol–water partition coefficient (Wildman–Crippen LogP) is 3.20. The molecule has 0 aliphatic carbocycles. The summed E-state index contributed by atoms with van der Waals surface area (Å²) >= 11 is 0. The molecule has 0 spiro atoms. The van der Waals surface area contributed by atoms with E-state index in [4.69, 9.17) is 5.11 Å². The lowest BCUT2D eigenvalue weighted by Crippen LogP contribution is -2.03. The van der Waals surface area contributed by atoms with Crippen molar-refractivity contribution in [2.75, 3.05) is 5.32 Å². The fourth-order valence-electron chi connectivity index (χ4n) is 1.78. The molecule has 0 radical (unpaired) electrons. The lowest BCUT2D eigenvalue weighted by atomic mass is 10.1. The molecule has 3 nitrogen and oxygen atoms in total. The zero-order chi connectivity index (χ0) is 14.5. The fourth-order valence-corrected chi connectivity index (χ4v) is 1.78. The molecular formula is C15H13F2NO2. The van der Waals surface area contributed by atoms with Gasteiger partial charge in [-0.2, -0.15) is 0 Å². The Bertz CT molecular complexity index is 612. The van der Waals surface area contributed by atoms with Crippen LogP contribution in [0.25, 0.3) is 0 Å². The molecule has 5 heteroatoms. The monoisotopic (exact) mass is 277 g/mol. The molecule has 2 rings (SSSR count). The third-order valence-corrected chi connectivity index (χ3v) is 2.79. The number of nitrogens with one attached hydrogen (secondary N) is 1. The number of carbonyl (C=O) groups is 1. The maximum absolute atomic E-state index is 13.4. The molecule has 0 atom stereocenters.